The van der Waals surface area contributed by atoms with Crippen LogP contribution in [0.15, 0.2) is 36.4 Å². The Morgan fingerprint density at radius 3 is 2.43 bits per heavy atom. The van der Waals surface area contributed by atoms with Gasteiger partial charge in [-0.2, -0.15) is 0 Å². The fourth-order valence-electron chi connectivity index (χ4n) is 2.59. The summed E-state index contributed by atoms with van der Waals surface area (Å²) in [7, 11) is 0. The second-order valence-corrected chi connectivity index (χ2v) is 5.64. The summed E-state index contributed by atoms with van der Waals surface area (Å²) >= 11 is 0. The van der Waals surface area contributed by atoms with Crippen LogP contribution in [-0.2, 0) is 6.54 Å². The lowest BCUT2D eigenvalue weighted by Gasteiger charge is -2.26. The van der Waals surface area contributed by atoms with E-state index in [0.29, 0.717) is 18.1 Å². The van der Waals surface area contributed by atoms with Crippen molar-refractivity contribution in [1.82, 2.24) is 15.1 Å². The highest BCUT2D eigenvalue weighted by atomic mass is 19.1. The number of hydrogen-bond acceptors (Lipinski definition) is 4. The number of nitrogens with one attached hydrogen (secondary N) is 1. The first-order valence-corrected chi connectivity index (χ1v) is 7.84. The molecule has 120 valence electrons. The summed E-state index contributed by atoms with van der Waals surface area (Å²) in [6, 6.07) is 9.70. The van der Waals surface area contributed by atoms with Crippen LogP contribution in [0.3, 0.4) is 0 Å². The van der Waals surface area contributed by atoms with Crippen molar-refractivity contribution in [2.45, 2.75) is 25.8 Å². The summed E-state index contributed by atoms with van der Waals surface area (Å²) < 4.78 is 12.8. The quantitative estimate of drug-likeness (QED) is 0.943. The molecule has 1 N–H and O–H groups in total. The number of nitrogens with zero attached hydrogens (tertiary/aromatic N) is 3. The van der Waals surface area contributed by atoms with E-state index in [-0.39, 0.29) is 11.7 Å². The molecule has 1 aromatic heterocycles. The summed E-state index contributed by atoms with van der Waals surface area (Å²) in [6.45, 7) is 2.12. The molecule has 1 saturated heterocycles. The van der Waals surface area contributed by atoms with Gasteiger partial charge >= 0.3 is 0 Å². The molecular weight excluding hydrogens is 295 g/mol. The average molecular weight is 314 g/mol. The Balaban J connectivity index is 1.58. The molecule has 1 aromatic carbocycles. The lowest BCUT2D eigenvalue weighted by atomic mass is 10.1. The predicted octanol–water partition coefficient (Wildman–Crippen LogP) is 2.85. The first kappa shape index (κ1) is 15.4. The maximum Gasteiger partial charge on any atom is 0.274 e. The molecule has 0 bridgehead atoms. The van der Waals surface area contributed by atoms with E-state index in [1.807, 2.05) is 4.90 Å². The summed E-state index contributed by atoms with van der Waals surface area (Å²) in [5.74, 6) is 0.279. The second kappa shape index (κ2) is 7.17. The number of carbonyl (C=O) groups is 1. The van der Waals surface area contributed by atoms with Gasteiger partial charge in [-0.25, -0.2) is 4.39 Å². The Hall–Kier alpha value is -2.50. The van der Waals surface area contributed by atoms with Crippen LogP contribution >= 0.6 is 0 Å². The van der Waals surface area contributed by atoms with E-state index in [4.69, 9.17) is 0 Å². The molecule has 0 aliphatic carbocycles. The summed E-state index contributed by atoms with van der Waals surface area (Å²) in [4.78, 5) is 14.1. The Labute approximate surface area is 134 Å². The maximum absolute atomic E-state index is 12.8. The summed E-state index contributed by atoms with van der Waals surface area (Å²) in [5, 5.41) is 11.2. The highest BCUT2D eigenvalue weighted by molar-refractivity contribution is 5.92. The first-order valence-electron chi connectivity index (χ1n) is 7.84. The van der Waals surface area contributed by atoms with Gasteiger partial charge in [0, 0.05) is 19.6 Å². The molecule has 0 radical (unpaired) electrons. The van der Waals surface area contributed by atoms with E-state index in [1.165, 1.54) is 18.6 Å². The highest BCUT2D eigenvalue weighted by Crippen LogP contribution is 2.13. The topological polar surface area (TPSA) is 58.1 Å². The normalized spacial score (nSPS) is 14.6. The van der Waals surface area contributed by atoms with Gasteiger partial charge in [-0.3, -0.25) is 4.79 Å². The SMILES string of the molecule is O=C(c1ccc(NCc2ccc(F)cc2)nn1)N1CCCCC1. The molecule has 0 unspecified atom stereocenters. The molecule has 0 atom stereocenters. The molecule has 0 saturated carbocycles. The maximum atomic E-state index is 12.8. The minimum atomic E-state index is -0.255. The molecule has 3 rings (SSSR count). The standard InChI is InChI=1S/C17H19FN4O/c18-14-6-4-13(5-7-14)12-19-16-9-8-15(20-21-16)17(23)22-10-2-1-3-11-22/h4-9H,1-3,10-12H2,(H,19,21). The number of carbonyl (C=O) groups excluding carboxylic acids is 1. The predicted molar refractivity (Wildman–Crippen MR) is 85.5 cm³/mol. The smallest absolute Gasteiger partial charge is 0.274 e. The van der Waals surface area contributed by atoms with Crippen molar-refractivity contribution in [1.29, 1.82) is 0 Å². The molecule has 23 heavy (non-hydrogen) atoms. The van der Waals surface area contributed by atoms with E-state index in [9.17, 15) is 9.18 Å². The molecule has 6 heteroatoms. The average Bonchev–Trinajstić information content (AvgIpc) is 2.62. The van der Waals surface area contributed by atoms with Crippen molar-refractivity contribution in [2.24, 2.45) is 0 Å². The van der Waals surface area contributed by atoms with Gasteiger partial charge < -0.3 is 10.2 Å². The third-order valence-electron chi connectivity index (χ3n) is 3.91. The fourth-order valence-corrected chi connectivity index (χ4v) is 2.59. The molecule has 1 aliphatic rings. The molecule has 1 fully saturated rings. The molecule has 0 spiro atoms. The van der Waals surface area contributed by atoms with Crippen molar-refractivity contribution in [2.75, 3.05) is 18.4 Å². The van der Waals surface area contributed by atoms with Crippen molar-refractivity contribution in [3.8, 4) is 0 Å². The van der Waals surface area contributed by atoms with Gasteiger partial charge in [-0.1, -0.05) is 12.1 Å². The lowest BCUT2D eigenvalue weighted by molar-refractivity contribution is 0.0717. The van der Waals surface area contributed by atoms with Gasteiger partial charge in [0.25, 0.3) is 5.91 Å². The Morgan fingerprint density at radius 1 is 1.04 bits per heavy atom. The summed E-state index contributed by atoms with van der Waals surface area (Å²) in [5.41, 5.74) is 1.32. The van der Waals surface area contributed by atoms with Crippen LogP contribution in [0, 0.1) is 5.82 Å². The summed E-state index contributed by atoms with van der Waals surface area (Å²) in [6.07, 6.45) is 3.29. The molecule has 2 aromatic rings. The zero-order valence-electron chi connectivity index (χ0n) is 12.8. The number of aromatic nitrogens is 2. The zero-order valence-corrected chi connectivity index (χ0v) is 12.8. The Kier molecular flexibility index (Phi) is 4.80. The van der Waals surface area contributed by atoms with Gasteiger partial charge in [0.05, 0.1) is 0 Å². The van der Waals surface area contributed by atoms with Crippen molar-refractivity contribution < 1.29 is 9.18 Å². The second-order valence-electron chi connectivity index (χ2n) is 5.64. The third kappa shape index (κ3) is 4.03. The first-order chi connectivity index (χ1) is 11.2. The third-order valence-corrected chi connectivity index (χ3v) is 3.91. The number of benzene rings is 1. The minimum absolute atomic E-state index is 0.0534. The largest absolute Gasteiger partial charge is 0.365 e. The molecule has 5 nitrogen and oxygen atoms in total. The Morgan fingerprint density at radius 2 is 1.78 bits per heavy atom. The number of halogens is 1. The van der Waals surface area contributed by atoms with Crippen molar-refractivity contribution in [3.05, 3.63) is 53.5 Å². The fraction of sp³-hybridized carbons (Fsp3) is 0.353. The van der Waals surface area contributed by atoms with Crippen molar-refractivity contribution in [3.63, 3.8) is 0 Å². The van der Waals surface area contributed by atoms with E-state index < -0.39 is 0 Å². The Bertz CT molecular complexity index is 651. The van der Waals surface area contributed by atoms with Crippen LogP contribution in [0.5, 0.6) is 0 Å². The van der Waals surface area contributed by atoms with E-state index in [2.05, 4.69) is 15.5 Å². The van der Waals surface area contributed by atoms with Gasteiger partial charge in [0.1, 0.15) is 11.6 Å². The van der Waals surface area contributed by atoms with Gasteiger partial charge in [-0.05, 0) is 49.1 Å². The lowest BCUT2D eigenvalue weighted by Crippen LogP contribution is -2.36. The van der Waals surface area contributed by atoms with Crippen LogP contribution in [0.2, 0.25) is 0 Å². The monoisotopic (exact) mass is 314 g/mol. The van der Waals surface area contributed by atoms with Crippen LogP contribution < -0.4 is 5.32 Å². The molecular formula is C17H19FN4O. The van der Waals surface area contributed by atoms with Crippen LogP contribution in [0.1, 0.15) is 35.3 Å². The molecule has 1 aliphatic heterocycles. The van der Waals surface area contributed by atoms with Crippen LogP contribution in [-0.4, -0.2) is 34.1 Å². The van der Waals surface area contributed by atoms with Gasteiger partial charge in [0.2, 0.25) is 0 Å². The van der Waals surface area contributed by atoms with E-state index >= 15 is 0 Å². The molecule has 1 amide bonds. The van der Waals surface area contributed by atoms with Crippen molar-refractivity contribution >= 4 is 11.7 Å². The number of anilines is 1. The number of rotatable bonds is 4. The number of piperidine rings is 1. The number of amides is 1. The minimum Gasteiger partial charge on any atom is -0.365 e. The molecule has 2 heterocycles. The van der Waals surface area contributed by atoms with Gasteiger partial charge in [-0.15, -0.1) is 10.2 Å². The van der Waals surface area contributed by atoms with E-state index in [0.717, 1.165) is 31.5 Å². The van der Waals surface area contributed by atoms with Gasteiger partial charge in [0.15, 0.2) is 5.69 Å². The van der Waals surface area contributed by atoms with Crippen LogP contribution in [0.4, 0.5) is 10.2 Å². The van der Waals surface area contributed by atoms with E-state index in [1.54, 1.807) is 24.3 Å². The zero-order chi connectivity index (χ0) is 16.1. The van der Waals surface area contributed by atoms with Crippen LogP contribution in [0.25, 0.3) is 0 Å². The number of likely N-dealkylation sites (tertiary alicyclic amines) is 1. The number of hydrogen-bond donors (Lipinski definition) is 1. The highest BCUT2D eigenvalue weighted by Gasteiger charge is 2.19.